The molecule has 0 radical (unpaired) electrons. The lowest BCUT2D eigenvalue weighted by atomic mass is 10.1. The number of hydrogen-bond donors (Lipinski definition) is 2. The summed E-state index contributed by atoms with van der Waals surface area (Å²) < 4.78 is 0. The number of aromatic nitrogens is 1. The van der Waals surface area contributed by atoms with Crippen molar-refractivity contribution in [1.29, 1.82) is 0 Å². The van der Waals surface area contributed by atoms with Crippen LogP contribution in [0.15, 0.2) is 18.2 Å². The highest BCUT2D eigenvalue weighted by molar-refractivity contribution is 5.88. The van der Waals surface area contributed by atoms with Crippen LogP contribution in [0.25, 0.3) is 10.9 Å². The minimum Gasteiger partial charge on any atom is -0.507 e. The summed E-state index contributed by atoms with van der Waals surface area (Å²) in [7, 11) is 0. The van der Waals surface area contributed by atoms with E-state index < -0.39 is 0 Å². The lowest BCUT2D eigenvalue weighted by Crippen LogP contribution is -1.75. The molecular weight excluding hydrogens is 150 g/mol. The van der Waals surface area contributed by atoms with Gasteiger partial charge in [0.05, 0.1) is 5.52 Å². The first-order chi connectivity index (χ1) is 5.68. The van der Waals surface area contributed by atoms with E-state index >= 15 is 0 Å². The second-order valence-corrected chi connectivity index (χ2v) is 3.14. The number of benzene rings is 1. The number of hydrogen-bond acceptors (Lipinski definition) is 1. The fraction of sp³-hybridized carbons (Fsp3) is 0.200. The topological polar surface area (TPSA) is 36.0 Å². The molecule has 2 rings (SSSR count). The molecule has 0 saturated carbocycles. The molecule has 1 heterocycles. The fourth-order valence-corrected chi connectivity index (χ4v) is 1.48. The monoisotopic (exact) mass is 161 g/mol. The van der Waals surface area contributed by atoms with E-state index in [2.05, 4.69) is 4.98 Å². The van der Waals surface area contributed by atoms with E-state index in [4.69, 9.17) is 0 Å². The molecule has 0 spiro atoms. The number of nitrogens with one attached hydrogen (secondary N) is 1. The molecule has 0 saturated heterocycles. The van der Waals surface area contributed by atoms with Gasteiger partial charge in [0, 0.05) is 11.1 Å². The summed E-state index contributed by atoms with van der Waals surface area (Å²) in [4.78, 5) is 3.21. The van der Waals surface area contributed by atoms with Crippen LogP contribution in [0.2, 0.25) is 0 Å². The number of H-pyrrole nitrogens is 1. The van der Waals surface area contributed by atoms with Crippen molar-refractivity contribution in [2.45, 2.75) is 13.8 Å². The third-order valence-corrected chi connectivity index (χ3v) is 2.11. The van der Waals surface area contributed by atoms with Crippen LogP contribution in [0, 0.1) is 13.8 Å². The summed E-state index contributed by atoms with van der Waals surface area (Å²) in [6.07, 6.45) is 0. The number of aromatic hydroxyl groups is 1. The molecule has 0 bridgehead atoms. The smallest absolute Gasteiger partial charge is 0.124 e. The second-order valence-electron chi connectivity index (χ2n) is 3.14. The summed E-state index contributed by atoms with van der Waals surface area (Å²) in [6.45, 7) is 4.01. The zero-order chi connectivity index (χ0) is 8.72. The van der Waals surface area contributed by atoms with Crippen molar-refractivity contribution in [3.05, 3.63) is 29.5 Å². The molecule has 0 amide bonds. The number of aromatic amines is 1. The highest BCUT2D eigenvalue weighted by Gasteiger charge is 2.03. The van der Waals surface area contributed by atoms with Crippen molar-refractivity contribution in [1.82, 2.24) is 4.98 Å². The standard InChI is InChI=1S/C10H11NO/c1-6-3-4-9(12)8-5-7(2)11-10(6)8/h3-5,11-12H,1-2H3. The maximum Gasteiger partial charge on any atom is 0.124 e. The van der Waals surface area contributed by atoms with Gasteiger partial charge in [-0.2, -0.15) is 0 Å². The van der Waals surface area contributed by atoms with Crippen LogP contribution < -0.4 is 0 Å². The summed E-state index contributed by atoms with van der Waals surface area (Å²) >= 11 is 0. The Labute approximate surface area is 70.8 Å². The Balaban J connectivity index is 2.93. The zero-order valence-corrected chi connectivity index (χ0v) is 7.18. The van der Waals surface area contributed by atoms with E-state index in [0.717, 1.165) is 22.2 Å². The van der Waals surface area contributed by atoms with E-state index in [1.165, 1.54) is 0 Å². The molecule has 2 aromatic rings. The summed E-state index contributed by atoms with van der Waals surface area (Å²) in [6, 6.07) is 5.59. The van der Waals surface area contributed by atoms with Crippen molar-refractivity contribution in [2.75, 3.05) is 0 Å². The van der Waals surface area contributed by atoms with Crippen LogP contribution in [-0.4, -0.2) is 10.1 Å². The van der Waals surface area contributed by atoms with Gasteiger partial charge < -0.3 is 10.1 Å². The van der Waals surface area contributed by atoms with E-state index in [-0.39, 0.29) is 0 Å². The third kappa shape index (κ3) is 0.881. The quantitative estimate of drug-likeness (QED) is 0.611. The van der Waals surface area contributed by atoms with Crippen molar-refractivity contribution in [3.63, 3.8) is 0 Å². The van der Waals surface area contributed by atoms with Crippen molar-refractivity contribution in [3.8, 4) is 5.75 Å². The van der Waals surface area contributed by atoms with Gasteiger partial charge in [-0.25, -0.2) is 0 Å². The average Bonchev–Trinajstić information content (AvgIpc) is 2.41. The first kappa shape index (κ1) is 7.22. The molecule has 0 aliphatic heterocycles. The minimum atomic E-state index is 0.347. The number of aryl methyl sites for hydroxylation is 2. The average molecular weight is 161 g/mol. The molecular formula is C10H11NO. The molecule has 2 heteroatoms. The molecule has 0 fully saturated rings. The molecule has 2 nitrogen and oxygen atoms in total. The maximum absolute atomic E-state index is 9.49. The van der Waals surface area contributed by atoms with Crippen LogP contribution in [0.3, 0.4) is 0 Å². The molecule has 1 aromatic heterocycles. The molecule has 0 aliphatic carbocycles. The van der Waals surface area contributed by atoms with Crippen LogP contribution in [-0.2, 0) is 0 Å². The number of phenols is 1. The van der Waals surface area contributed by atoms with E-state index in [1.54, 1.807) is 6.07 Å². The van der Waals surface area contributed by atoms with Gasteiger partial charge in [-0.1, -0.05) is 6.07 Å². The van der Waals surface area contributed by atoms with Crippen molar-refractivity contribution in [2.24, 2.45) is 0 Å². The highest BCUT2D eigenvalue weighted by Crippen LogP contribution is 2.27. The molecule has 62 valence electrons. The molecule has 0 aliphatic rings. The summed E-state index contributed by atoms with van der Waals surface area (Å²) in [5, 5.41) is 10.4. The second kappa shape index (κ2) is 2.27. The summed E-state index contributed by atoms with van der Waals surface area (Å²) in [5.41, 5.74) is 3.28. The van der Waals surface area contributed by atoms with Crippen LogP contribution >= 0.6 is 0 Å². The SMILES string of the molecule is Cc1cc2c(O)ccc(C)c2[nH]1. The van der Waals surface area contributed by atoms with Gasteiger partial charge in [0.15, 0.2) is 0 Å². The fourth-order valence-electron chi connectivity index (χ4n) is 1.48. The van der Waals surface area contributed by atoms with Crippen LogP contribution in [0.1, 0.15) is 11.3 Å². The lowest BCUT2D eigenvalue weighted by Gasteiger charge is -1.97. The number of fused-ring (bicyclic) bond motifs is 1. The highest BCUT2D eigenvalue weighted by atomic mass is 16.3. The van der Waals surface area contributed by atoms with Gasteiger partial charge in [-0.3, -0.25) is 0 Å². The Hall–Kier alpha value is -1.44. The molecule has 2 N–H and O–H groups in total. The van der Waals surface area contributed by atoms with Crippen molar-refractivity contribution < 1.29 is 5.11 Å². The Morgan fingerprint density at radius 2 is 2.00 bits per heavy atom. The first-order valence-electron chi connectivity index (χ1n) is 3.96. The first-order valence-corrected chi connectivity index (χ1v) is 3.96. The lowest BCUT2D eigenvalue weighted by molar-refractivity contribution is 0.481. The van der Waals surface area contributed by atoms with E-state index in [0.29, 0.717) is 5.75 Å². The van der Waals surface area contributed by atoms with E-state index in [1.807, 2.05) is 26.0 Å². The van der Waals surface area contributed by atoms with Gasteiger partial charge in [-0.15, -0.1) is 0 Å². The molecule has 0 unspecified atom stereocenters. The predicted molar refractivity (Wildman–Crippen MR) is 49.4 cm³/mol. The largest absolute Gasteiger partial charge is 0.507 e. The molecule has 12 heavy (non-hydrogen) atoms. The Kier molecular flexibility index (Phi) is 1.37. The van der Waals surface area contributed by atoms with Crippen LogP contribution in [0.4, 0.5) is 0 Å². The van der Waals surface area contributed by atoms with Gasteiger partial charge in [0.2, 0.25) is 0 Å². The zero-order valence-electron chi connectivity index (χ0n) is 7.18. The number of rotatable bonds is 0. The normalized spacial score (nSPS) is 10.8. The van der Waals surface area contributed by atoms with Gasteiger partial charge in [0.1, 0.15) is 5.75 Å². The Bertz CT molecular complexity index is 390. The molecule has 1 aromatic carbocycles. The van der Waals surface area contributed by atoms with Gasteiger partial charge in [0.25, 0.3) is 0 Å². The summed E-state index contributed by atoms with van der Waals surface area (Å²) in [5.74, 6) is 0.347. The Morgan fingerprint density at radius 3 is 2.67 bits per heavy atom. The van der Waals surface area contributed by atoms with Gasteiger partial charge in [-0.05, 0) is 31.5 Å². The molecule has 0 atom stereocenters. The van der Waals surface area contributed by atoms with Crippen molar-refractivity contribution >= 4 is 10.9 Å². The van der Waals surface area contributed by atoms with E-state index in [9.17, 15) is 5.11 Å². The predicted octanol–water partition coefficient (Wildman–Crippen LogP) is 2.49. The number of phenolic OH excluding ortho intramolecular Hbond substituents is 1. The maximum atomic E-state index is 9.49. The Morgan fingerprint density at radius 1 is 1.25 bits per heavy atom. The third-order valence-electron chi connectivity index (χ3n) is 2.11. The minimum absolute atomic E-state index is 0.347. The van der Waals surface area contributed by atoms with Gasteiger partial charge >= 0.3 is 0 Å². The van der Waals surface area contributed by atoms with Crippen LogP contribution in [0.5, 0.6) is 5.75 Å².